The van der Waals surface area contributed by atoms with Crippen LogP contribution in [0.2, 0.25) is 0 Å². The van der Waals surface area contributed by atoms with Crippen LogP contribution < -0.4 is 10.1 Å². The largest absolute Gasteiger partial charge is 0.504 e. The highest BCUT2D eigenvalue weighted by molar-refractivity contribution is 8.18. The van der Waals surface area contributed by atoms with E-state index < -0.39 is 0 Å². The van der Waals surface area contributed by atoms with Gasteiger partial charge >= 0.3 is 0 Å². The molecule has 0 spiro atoms. The zero-order valence-electron chi connectivity index (χ0n) is 13.9. The van der Waals surface area contributed by atoms with Gasteiger partial charge in [-0.2, -0.15) is 0 Å². The fraction of sp³-hybridized carbons (Fsp3) is 0.158. The lowest BCUT2D eigenvalue weighted by Crippen LogP contribution is -2.19. The quantitative estimate of drug-likeness (QED) is 0.815. The Morgan fingerprint density at radius 3 is 2.84 bits per heavy atom. The van der Waals surface area contributed by atoms with Crippen LogP contribution in [0, 0.1) is 6.92 Å². The number of amidine groups is 1. The number of thioether (sulfide) groups is 1. The van der Waals surface area contributed by atoms with Gasteiger partial charge in [0, 0.05) is 5.56 Å². The second-order valence-electron chi connectivity index (χ2n) is 5.45. The first-order chi connectivity index (χ1) is 12.1. The summed E-state index contributed by atoms with van der Waals surface area (Å²) in [5, 5.41) is 13.5. The van der Waals surface area contributed by atoms with Gasteiger partial charge in [0.1, 0.15) is 0 Å². The molecule has 0 aliphatic carbocycles. The van der Waals surface area contributed by atoms with Gasteiger partial charge in [-0.1, -0.05) is 24.3 Å². The molecule has 1 aliphatic heterocycles. The number of carbonyl (C=O) groups is 1. The fourth-order valence-electron chi connectivity index (χ4n) is 2.36. The van der Waals surface area contributed by atoms with E-state index in [2.05, 4.69) is 10.3 Å². The normalized spacial score (nSPS) is 17.1. The average Bonchev–Trinajstić information content (AvgIpc) is 2.91. The van der Waals surface area contributed by atoms with Gasteiger partial charge in [0.2, 0.25) is 0 Å². The molecule has 0 saturated carbocycles. The maximum Gasteiger partial charge on any atom is 0.264 e. The number of benzene rings is 2. The van der Waals surface area contributed by atoms with Gasteiger partial charge in [-0.05, 0) is 55.4 Å². The summed E-state index contributed by atoms with van der Waals surface area (Å²) in [6, 6.07) is 12.9. The molecular formula is C19H18N2O3S. The fourth-order valence-corrected chi connectivity index (χ4v) is 3.20. The van der Waals surface area contributed by atoms with Crippen LogP contribution in [0.3, 0.4) is 0 Å². The van der Waals surface area contributed by atoms with Gasteiger partial charge in [0.15, 0.2) is 16.7 Å². The summed E-state index contributed by atoms with van der Waals surface area (Å²) in [5.41, 5.74) is 2.41. The molecule has 2 N–H and O–H groups in total. The van der Waals surface area contributed by atoms with E-state index in [0.29, 0.717) is 28.0 Å². The Morgan fingerprint density at radius 2 is 2.08 bits per heavy atom. The standard InChI is InChI=1S/C19H18N2O3S/c1-3-24-15-9-5-7-13(17(15)22)11-16-18(23)21-19(25-16)20-14-8-4-6-12(2)10-14/h4-11,22H,3H2,1-2H3,(H,20,21,23)/b16-11-. The number of para-hydroxylation sites is 1. The average molecular weight is 354 g/mol. The number of aryl methyl sites for hydroxylation is 1. The highest BCUT2D eigenvalue weighted by atomic mass is 32.2. The van der Waals surface area contributed by atoms with Gasteiger partial charge in [-0.3, -0.25) is 4.79 Å². The van der Waals surface area contributed by atoms with Gasteiger partial charge < -0.3 is 15.2 Å². The second kappa shape index (κ2) is 7.44. The molecule has 1 heterocycles. The first-order valence-corrected chi connectivity index (χ1v) is 8.69. The lowest BCUT2D eigenvalue weighted by molar-refractivity contribution is -0.115. The lowest BCUT2D eigenvalue weighted by Gasteiger charge is -2.07. The van der Waals surface area contributed by atoms with E-state index in [4.69, 9.17) is 4.74 Å². The first kappa shape index (κ1) is 17.1. The van der Waals surface area contributed by atoms with E-state index in [0.717, 1.165) is 11.3 Å². The van der Waals surface area contributed by atoms with Gasteiger partial charge in [0.05, 0.1) is 17.2 Å². The number of nitrogens with zero attached hydrogens (tertiary/aromatic N) is 1. The summed E-state index contributed by atoms with van der Waals surface area (Å²) < 4.78 is 5.37. The monoisotopic (exact) mass is 354 g/mol. The zero-order valence-corrected chi connectivity index (χ0v) is 14.8. The smallest absolute Gasteiger partial charge is 0.264 e. The molecular weight excluding hydrogens is 336 g/mol. The number of aliphatic imine (C=N–C) groups is 1. The zero-order chi connectivity index (χ0) is 17.8. The molecule has 1 saturated heterocycles. The number of aromatic hydroxyl groups is 1. The highest BCUT2D eigenvalue weighted by Gasteiger charge is 2.24. The van der Waals surface area contributed by atoms with Gasteiger partial charge in [-0.25, -0.2) is 4.99 Å². The molecule has 0 aromatic heterocycles. The molecule has 2 aromatic carbocycles. The van der Waals surface area contributed by atoms with Crippen LogP contribution in [0.5, 0.6) is 11.5 Å². The Labute approximate surface area is 150 Å². The Balaban J connectivity index is 1.86. The highest BCUT2D eigenvalue weighted by Crippen LogP contribution is 2.34. The molecule has 2 aromatic rings. The molecule has 6 heteroatoms. The van der Waals surface area contributed by atoms with E-state index in [1.54, 1.807) is 24.3 Å². The van der Waals surface area contributed by atoms with Crippen LogP contribution in [0.15, 0.2) is 52.4 Å². The van der Waals surface area contributed by atoms with Crippen LogP contribution in [0.25, 0.3) is 6.08 Å². The van der Waals surface area contributed by atoms with E-state index in [9.17, 15) is 9.90 Å². The van der Waals surface area contributed by atoms with E-state index >= 15 is 0 Å². The third-order valence-electron chi connectivity index (χ3n) is 3.50. The molecule has 1 amide bonds. The Bertz CT molecular complexity index is 875. The molecule has 0 radical (unpaired) electrons. The molecule has 1 aliphatic rings. The number of amides is 1. The van der Waals surface area contributed by atoms with Crippen LogP contribution in [0.1, 0.15) is 18.1 Å². The minimum absolute atomic E-state index is 0.0225. The van der Waals surface area contributed by atoms with Crippen molar-refractivity contribution >= 4 is 34.6 Å². The van der Waals surface area contributed by atoms with E-state index in [1.165, 1.54) is 11.8 Å². The minimum atomic E-state index is -0.238. The Hall–Kier alpha value is -2.73. The van der Waals surface area contributed by atoms with Crippen molar-refractivity contribution in [2.75, 3.05) is 6.61 Å². The molecule has 0 bridgehead atoms. The maximum absolute atomic E-state index is 12.2. The lowest BCUT2D eigenvalue weighted by atomic mass is 10.1. The number of phenols is 1. The SMILES string of the molecule is CCOc1cccc(/C=C2\SC(=Nc3cccc(C)c3)NC2=O)c1O. The summed E-state index contributed by atoms with van der Waals surface area (Å²) in [7, 11) is 0. The molecule has 25 heavy (non-hydrogen) atoms. The topological polar surface area (TPSA) is 70.9 Å². The van der Waals surface area contributed by atoms with Crippen molar-refractivity contribution in [3.63, 3.8) is 0 Å². The van der Waals surface area contributed by atoms with Crippen LogP contribution >= 0.6 is 11.8 Å². The summed E-state index contributed by atoms with van der Waals surface area (Å²) in [6.45, 7) is 4.29. The van der Waals surface area contributed by atoms with E-state index in [-0.39, 0.29) is 11.7 Å². The van der Waals surface area contributed by atoms with Crippen LogP contribution in [-0.4, -0.2) is 22.8 Å². The van der Waals surface area contributed by atoms with Crippen LogP contribution in [-0.2, 0) is 4.79 Å². The number of hydrogen-bond acceptors (Lipinski definition) is 5. The Kier molecular flexibility index (Phi) is 5.09. The van der Waals surface area contributed by atoms with Crippen molar-refractivity contribution in [3.05, 3.63) is 58.5 Å². The third-order valence-corrected chi connectivity index (χ3v) is 4.41. The predicted octanol–water partition coefficient (Wildman–Crippen LogP) is 3.99. The number of nitrogens with one attached hydrogen (secondary N) is 1. The van der Waals surface area contributed by atoms with Crippen molar-refractivity contribution in [3.8, 4) is 11.5 Å². The summed E-state index contributed by atoms with van der Waals surface area (Å²) >= 11 is 1.24. The van der Waals surface area contributed by atoms with Gasteiger partial charge in [0.25, 0.3) is 5.91 Å². The Morgan fingerprint density at radius 1 is 1.28 bits per heavy atom. The van der Waals surface area contributed by atoms with E-state index in [1.807, 2.05) is 38.1 Å². The summed E-state index contributed by atoms with van der Waals surface area (Å²) in [4.78, 5) is 17.1. The van der Waals surface area contributed by atoms with Crippen molar-refractivity contribution in [2.45, 2.75) is 13.8 Å². The number of phenolic OH excluding ortho intramolecular Hbond substituents is 1. The summed E-state index contributed by atoms with van der Waals surface area (Å²) in [5.74, 6) is 0.181. The summed E-state index contributed by atoms with van der Waals surface area (Å²) in [6.07, 6.45) is 1.64. The molecule has 0 unspecified atom stereocenters. The number of ether oxygens (including phenoxy) is 1. The van der Waals surface area contributed by atoms with Gasteiger partial charge in [-0.15, -0.1) is 0 Å². The third kappa shape index (κ3) is 4.03. The number of hydrogen-bond donors (Lipinski definition) is 2. The molecule has 0 atom stereocenters. The molecule has 128 valence electrons. The van der Waals surface area contributed by atoms with Crippen molar-refractivity contribution in [2.24, 2.45) is 4.99 Å². The van der Waals surface area contributed by atoms with Crippen molar-refractivity contribution in [1.29, 1.82) is 0 Å². The maximum atomic E-state index is 12.2. The minimum Gasteiger partial charge on any atom is -0.504 e. The molecule has 3 rings (SSSR count). The second-order valence-corrected chi connectivity index (χ2v) is 6.48. The molecule has 5 nitrogen and oxygen atoms in total. The predicted molar refractivity (Wildman–Crippen MR) is 101 cm³/mol. The number of rotatable bonds is 4. The number of carbonyl (C=O) groups excluding carboxylic acids is 1. The van der Waals surface area contributed by atoms with Crippen LogP contribution in [0.4, 0.5) is 5.69 Å². The molecule has 1 fully saturated rings. The van der Waals surface area contributed by atoms with Crippen molar-refractivity contribution < 1.29 is 14.6 Å². The first-order valence-electron chi connectivity index (χ1n) is 7.88. The van der Waals surface area contributed by atoms with Crippen molar-refractivity contribution in [1.82, 2.24) is 5.32 Å².